The highest BCUT2D eigenvalue weighted by Crippen LogP contribution is 2.27. The van der Waals surface area contributed by atoms with E-state index in [2.05, 4.69) is 15.5 Å². The van der Waals surface area contributed by atoms with Crippen molar-refractivity contribution in [3.05, 3.63) is 77.7 Å². The zero-order valence-electron chi connectivity index (χ0n) is 18.8. The van der Waals surface area contributed by atoms with Gasteiger partial charge in [0, 0.05) is 30.9 Å². The SMILES string of the molecule is Cc1ccc(NC(=O)c2ccoc2)cc1-c1ccc(C(=O)NCCCN2CCOCC2)cc1. The molecule has 2 amide bonds. The normalized spacial score (nSPS) is 14.1. The molecule has 7 nitrogen and oxygen atoms in total. The lowest BCUT2D eigenvalue weighted by Gasteiger charge is -2.26. The van der Waals surface area contributed by atoms with Gasteiger partial charge < -0.3 is 19.8 Å². The zero-order chi connectivity index (χ0) is 23.0. The Labute approximate surface area is 193 Å². The molecule has 7 heteroatoms. The number of anilines is 1. The van der Waals surface area contributed by atoms with Crippen LogP contribution in [0.1, 0.15) is 32.7 Å². The van der Waals surface area contributed by atoms with Gasteiger partial charge in [0.05, 0.1) is 25.0 Å². The Kier molecular flexibility index (Phi) is 7.55. The summed E-state index contributed by atoms with van der Waals surface area (Å²) in [4.78, 5) is 27.2. The lowest BCUT2D eigenvalue weighted by molar-refractivity contribution is 0.0374. The molecule has 0 atom stereocenters. The average molecular weight is 448 g/mol. The van der Waals surface area contributed by atoms with E-state index in [0.717, 1.165) is 56.0 Å². The molecule has 1 aliphatic rings. The molecule has 0 spiro atoms. The molecule has 33 heavy (non-hydrogen) atoms. The summed E-state index contributed by atoms with van der Waals surface area (Å²) < 4.78 is 10.3. The highest BCUT2D eigenvalue weighted by Gasteiger charge is 2.12. The molecule has 0 aliphatic carbocycles. The molecular weight excluding hydrogens is 418 g/mol. The molecule has 0 bridgehead atoms. The van der Waals surface area contributed by atoms with Gasteiger partial charge in [0.25, 0.3) is 11.8 Å². The molecule has 0 unspecified atom stereocenters. The van der Waals surface area contributed by atoms with Crippen molar-refractivity contribution in [3.8, 4) is 11.1 Å². The van der Waals surface area contributed by atoms with Crippen molar-refractivity contribution >= 4 is 17.5 Å². The van der Waals surface area contributed by atoms with Crippen LogP contribution in [-0.2, 0) is 4.74 Å². The second-order valence-corrected chi connectivity index (χ2v) is 8.14. The van der Waals surface area contributed by atoms with E-state index in [0.29, 0.717) is 23.4 Å². The van der Waals surface area contributed by atoms with Crippen LogP contribution in [0.15, 0.2) is 65.5 Å². The molecule has 2 aromatic carbocycles. The first-order valence-electron chi connectivity index (χ1n) is 11.2. The van der Waals surface area contributed by atoms with Crippen molar-refractivity contribution in [1.29, 1.82) is 0 Å². The van der Waals surface area contributed by atoms with Crippen LogP contribution in [-0.4, -0.2) is 56.1 Å². The number of ether oxygens (including phenoxy) is 1. The number of nitrogens with one attached hydrogen (secondary N) is 2. The van der Waals surface area contributed by atoms with Gasteiger partial charge in [-0.1, -0.05) is 18.2 Å². The van der Waals surface area contributed by atoms with Crippen molar-refractivity contribution in [1.82, 2.24) is 10.2 Å². The van der Waals surface area contributed by atoms with E-state index in [1.165, 1.54) is 12.5 Å². The Morgan fingerprint density at radius 1 is 0.970 bits per heavy atom. The van der Waals surface area contributed by atoms with E-state index >= 15 is 0 Å². The van der Waals surface area contributed by atoms with E-state index in [1.54, 1.807) is 6.07 Å². The molecule has 2 heterocycles. The highest BCUT2D eigenvalue weighted by atomic mass is 16.5. The molecule has 2 N–H and O–H groups in total. The Morgan fingerprint density at radius 2 is 1.76 bits per heavy atom. The van der Waals surface area contributed by atoms with Crippen LogP contribution in [0.5, 0.6) is 0 Å². The maximum Gasteiger partial charge on any atom is 0.258 e. The minimum atomic E-state index is -0.223. The van der Waals surface area contributed by atoms with Crippen LogP contribution in [0.25, 0.3) is 11.1 Å². The van der Waals surface area contributed by atoms with Crippen LogP contribution < -0.4 is 10.6 Å². The highest BCUT2D eigenvalue weighted by molar-refractivity contribution is 6.04. The van der Waals surface area contributed by atoms with Crippen molar-refractivity contribution in [2.45, 2.75) is 13.3 Å². The summed E-state index contributed by atoms with van der Waals surface area (Å²) >= 11 is 0. The van der Waals surface area contributed by atoms with E-state index in [9.17, 15) is 9.59 Å². The smallest absolute Gasteiger partial charge is 0.258 e. The number of hydrogen-bond donors (Lipinski definition) is 2. The van der Waals surface area contributed by atoms with Crippen molar-refractivity contribution in [2.24, 2.45) is 0 Å². The quantitative estimate of drug-likeness (QED) is 0.511. The van der Waals surface area contributed by atoms with Crippen LogP contribution in [0.4, 0.5) is 5.69 Å². The number of morpholine rings is 1. The average Bonchev–Trinajstić information content (AvgIpc) is 3.39. The molecule has 3 aromatic rings. The summed E-state index contributed by atoms with van der Waals surface area (Å²) in [5, 5.41) is 5.89. The number of benzene rings is 2. The van der Waals surface area contributed by atoms with E-state index in [1.807, 2.05) is 49.4 Å². The third-order valence-corrected chi connectivity index (χ3v) is 5.78. The fraction of sp³-hybridized carbons (Fsp3) is 0.308. The Morgan fingerprint density at radius 3 is 2.48 bits per heavy atom. The number of carbonyl (C=O) groups excluding carboxylic acids is 2. The summed E-state index contributed by atoms with van der Waals surface area (Å²) in [6.45, 7) is 7.14. The van der Waals surface area contributed by atoms with Gasteiger partial charge in [0.15, 0.2) is 0 Å². The van der Waals surface area contributed by atoms with Crippen LogP contribution in [0.3, 0.4) is 0 Å². The third-order valence-electron chi connectivity index (χ3n) is 5.78. The number of furan rings is 1. The van der Waals surface area contributed by atoms with Gasteiger partial charge in [0.1, 0.15) is 6.26 Å². The number of carbonyl (C=O) groups is 2. The molecule has 1 saturated heterocycles. The largest absolute Gasteiger partial charge is 0.472 e. The number of rotatable bonds is 8. The summed E-state index contributed by atoms with van der Waals surface area (Å²) in [5.41, 5.74) is 4.86. The lowest BCUT2D eigenvalue weighted by atomic mass is 9.98. The number of hydrogen-bond acceptors (Lipinski definition) is 5. The fourth-order valence-corrected chi connectivity index (χ4v) is 3.84. The van der Waals surface area contributed by atoms with Gasteiger partial charge in [0.2, 0.25) is 0 Å². The molecular formula is C26H29N3O4. The second kappa shape index (κ2) is 10.9. The maximum atomic E-state index is 12.5. The Hall–Kier alpha value is -3.42. The van der Waals surface area contributed by atoms with Gasteiger partial charge in [-0.15, -0.1) is 0 Å². The summed E-state index contributed by atoms with van der Waals surface area (Å²) in [6.07, 6.45) is 3.80. The first-order chi connectivity index (χ1) is 16.1. The van der Waals surface area contributed by atoms with Gasteiger partial charge in [-0.25, -0.2) is 0 Å². The summed E-state index contributed by atoms with van der Waals surface area (Å²) in [6, 6.07) is 14.9. The third kappa shape index (κ3) is 6.09. The molecule has 172 valence electrons. The van der Waals surface area contributed by atoms with Crippen molar-refractivity contribution in [3.63, 3.8) is 0 Å². The van der Waals surface area contributed by atoms with E-state index < -0.39 is 0 Å². The predicted molar refractivity (Wildman–Crippen MR) is 127 cm³/mol. The maximum absolute atomic E-state index is 12.5. The molecule has 0 radical (unpaired) electrons. The van der Waals surface area contributed by atoms with E-state index in [-0.39, 0.29) is 11.8 Å². The first-order valence-corrected chi connectivity index (χ1v) is 11.2. The topological polar surface area (TPSA) is 83.8 Å². The minimum absolute atomic E-state index is 0.0682. The molecule has 4 rings (SSSR count). The minimum Gasteiger partial charge on any atom is -0.472 e. The molecule has 1 aromatic heterocycles. The monoisotopic (exact) mass is 447 g/mol. The van der Waals surface area contributed by atoms with Crippen molar-refractivity contribution < 1.29 is 18.7 Å². The van der Waals surface area contributed by atoms with Crippen LogP contribution in [0.2, 0.25) is 0 Å². The standard InChI is InChI=1S/C26H29N3O4/c1-19-3-8-23(28-26(31)22-9-14-33-18-22)17-24(19)20-4-6-21(7-5-20)25(30)27-10-2-11-29-12-15-32-16-13-29/h3-9,14,17-18H,2,10-13,15-16H2,1H3,(H,27,30)(H,28,31). The fourth-order valence-electron chi connectivity index (χ4n) is 3.84. The van der Waals surface area contributed by atoms with Crippen LogP contribution in [0, 0.1) is 6.92 Å². The lowest BCUT2D eigenvalue weighted by Crippen LogP contribution is -2.38. The van der Waals surface area contributed by atoms with Gasteiger partial charge in [-0.3, -0.25) is 14.5 Å². The molecule has 1 fully saturated rings. The Bertz CT molecular complexity index is 1070. The first kappa shape index (κ1) is 22.8. The van der Waals surface area contributed by atoms with E-state index in [4.69, 9.17) is 9.15 Å². The zero-order valence-corrected chi connectivity index (χ0v) is 18.8. The number of amides is 2. The Balaban J connectivity index is 1.34. The van der Waals surface area contributed by atoms with Gasteiger partial charge in [-0.2, -0.15) is 0 Å². The summed E-state index contributed by atoms with van der Waals surface area (Å²) in [5.74, 6) is -0.291. The molecule has 0 saturated carbocycles. The number of aryl methyl sites for hydroxylation is 1. The van der Waals surface area contributed by atoms with Gasteiger partial charge >= 0.3 is 0 Å². The molecule has 1 aliphatic heterocycles. The van der Waals surface area contributed by atoms with Crippen molar-refractivity contribution in [2.75, 3.05) is 44.7 Å². The summed E-state index contributed by atoms with van der Waals surface area (Å²) in [7, 11) is 0. The van der Waals surface area contributed by atoms with Gasteiger partial charge in [-0.05, 0) is 66.9 Å². The second-order valence-electron chi connectivity index (χ2n) is 8.14. The predicted octanol–water partition coefficient (Wildman–Crippen LogP) is 3.96. The van der Waals surface area contributed by atoms with Crippen LogP contribution >= 0.6 is 0 Å². The number of nitrogens with zero attached hydrogens (tertiary/aromatic N) is 1.